The predicted octanol–water partition coefficient (Wildman–Crippen LogP) is 5.78. The molecule has 0 spiro atoms. The van der Waals surface area contributed by atoms with Crippen LogP contribution in [0.25, 0.3) is 0 Å². The molecule has 1 aromatic carbocycles. The van der Waals surface area contributed by atoms with Gasteiger partial charge in [0.15, 0.2) is 0 Å². The zero-order chi connectivity index (χ0) is 14.1. The fraction of sp³-hybridized carbons (Fsp3) is 0.375. The molecule has 106 valence electrons. The van der Waals surface area contributed by atoms with Gasteiger partial charge in [0.1, 0.15) is 0 Å². The van der Waals surface area contributed by atoms with E-state index in [0.29, 0.717) is 6.04 Å². The predicted molar refractivity (Wildman–Crippen MR) is 88.0 cm³/mol. The van der Waals surface area contributed by atoms with Gasteiger partial charge in [-0.05, 0) is 48.9 Å². The van der Waals surface area contributed by atoms with Gasteiger partial charge in [-0.25, -0.2) is 0 Å². The zero-order valence-electron chi connectivity index (χ0n) is 11.3. The van der Waals surface area contributed by atoms with Crippen molar-refractivity contribution in [3.8, 4) is 0 Å². The molecule has 1 heterocycles. The number of hydrogen-bond donors (Lipinski definition) is 1. The second-order valence-corrected chi connectivity index (χ2v) is 7.60. The van der Waals surface area contributed by atoms with Crippen LogP contribution < -0.4 is 5.32 Å². The molecule has 0 amide bonds. The van der Waals surface area contributed by atoms with Crippen LogP contribution in [0.2, 0.25) is 8.67 Å². The number of thiophene rings is 1. The summed E-state index contributed by atoms with van der Waals surface area (Å²) in [6.07, 6.45) is 3.60. The van der Waals surface area contributed by atoms with Crippen molar-refractivity contribution in [2.24, 2.45) is 0 Å². The van der Waals surface area contributed by atoms with E-state index in [-0.39, 0.29) is 6.04 Å². The average Bonchev–Trinajstić information content (AvgIpc) is 2.78. The van der Waals surface area contributed by atoms with Crippen LogP contribution in [0.3, 0.4) is 0 Å². The Morgan fingerprint density at radius 1 is 1.30 bits per heavy atom. The zero-order valence-corrected chi connectivity index (χ0v) is 13.7. The molecular weight excluding hydrogens is 309 g/mol. The Morgan fingerprint density at radius 2 is 2.10 bits per heavy atom. The van der Waals surface area contributed by atoms with Gasteiger partial charge in [0.05, 0.1) is 8.67 Å². The molecule has 0 fully saturated rings. The molecule has 1 nitrogen and oxygen atoms in total. The first kappa shape index (κ1) is 14.4. The largest absolute Gasteiger partial charge is 0.303 e. The van der Waals surface area contributed by atoms with E-state index in [1.165, 1.54) is 41.7 Å². The van der Waals surface area contributed by atoms with Crippen molar-refractivity contribution in [3.63, 3.8) is 0 Å². The van der Waals surface area contributed by atoms with Crippen LogP contribution in [0.15, 0.2) is 30.3 Å². The molecule has 0 aliphatic heterocycles. The van der Waals surface area contributed by atoms with Crippen LogP contribution in [0.5, 0.6) is 0 Å². The van der Waals surface area contributed by atoms with Crippen LogP contribution in [0.1, 0.15) is 48.5 Å². The van der Waals surface area contributed by atoms with Crippen molar-refractivity contribution in [2.75, 3.05) is 0 Å². The van der Waals surface area contributed by atoms with Gasteiger partial charge in [-0.15, -0.1) is 11.3 Å². The number of benzene rings is 1. The first-order valence-corrected chi connectivity index (χ1v) is 8.51. The maximum absolute atomic E-state index is 6.25. The second kappa shape index (κ2) is 6.07. The van der Waals surface area contributed by atoms with Crippen LogP contribution in [-0.4, -0.2) is 0 Å². The van der Waals surface area contributed by atoms with Gasteiger partial charge >= 0.3 is 0 Å². The molecule has 2 aromatic rings. The van der Waals surface area contributed by atoms with Crippen molar-refractivity contribution in [1.29, 1.82) is 0 Å². The Balaban J connectivity index is 1.80. The molecule has 2 unspecified atom stereocenters. The Morgan fingerprint density at radius 3 is 2.85 bits per heavy atom. The fourth-order valence-electron chi connectivity index (χ4n) is 2.97. The molecule has 2 atom stereocenters. The summed E-state index contributed by atoms with van der Waals surface area (Å²) in [5, 5.41) is 3.71. The third kappa shape index (κ3) is 2.89. The summed E-state index contributed by atoms with van der Waals surface area (Å²) in [6, 6.07) is 11.3. The Hall–Kier alpha value is -0.540. The van der Waals surface area contributed by atoms with E-state index in [1.54, 1.807) is 0 Å². The summed E-state index contributed by atoms with van der Waals surface area (Å²) in [7, 11) is 0. The summed E-state index contributed by atoms with van der Waals surface area (Å²) < 4.78 is 1.54. The van der Waals surface area contributed by atoms with E-state index in [4.69, 9.17) is 23.2 Å². The number of nitrogens with one attached hydrogen (secondary N) is 1. The van der Waals surface area contributed by atoms with Crippen molar-refractivity contribution in [1.82, 2.24) is 5.32 Å². The third-order valence-corrected chi connectivity index (χ3v) is 5.49. The maximum Gasteiger partial charge on any atom is 0.0991 e. The van der Waals surface area contributed by atoms with E-state index in [0.717, 1.165) is 14.2 Å². The topological polar surface area (TPSA) is 12.0 Å². The highest BCUT2D eigenvalue weighted by atomic mass is 35.5. The first-order valence-electron chi connectivity index (χ1n) is 6.93. The summed E-state index contributed by atoms with van der Waals surface area (Å²) in [5.74, 6) is 0. The van der Waals surface area contributed by atoms with Crippen molar-refractivity contribution < 1.29 is 0 Å². The average molecular weight is 326 g/mol. The second-order valence-electron chi connectivity index (χ2n) is 5.31. The van der Waals surface area contributed by atoms with Crippen LogP contribution in [0.4, 0.5) is 0 Å². The van der Waals surface area contributed by atoms with Crippen LogP contribution >= 0.6 is 34.5 Å². The number of halogens is 2. The smallest absolute Gasteiger partial charge is 0.0991 e. The van der Waals surface area contributed by atoms with E-state index in [2.05, 4.69) is 36.5 Å². The van der Waals surface area contributed by atoms with E-state index < -0.39 is 0 Å². The third-order valence-electron chi connectivity index (χ3n) is 3.97. The van der Waals surface area contributed by atoms with Crippen molar-refractivity contribution >= 4 is 34.5 Å². The number of aryl methyl sites for hydroxylation is 1. The quantitative estimate of drug-likeness (QED) is 0.753. The lowest BCUT2D eigenvalue weighted by molar-refractivity contribution is 0.416. The van der Waals surface area contributed by atoms with E-state index in [1.807, 2.05) is 6.07 Å². The van der Waals surface area contributed by atoms with Gasteiger partial charge in [0.25, 0.3) is 0 Å². The van der Waals surface area contributed by atoms with Gasteiger partial charge in [0.2, 0.25) is 0 Å². The Kier molecular flexibility index (Phi) is 4.37. The van der Waals surface area contributed by atoms with Gasteiger partial charge in [-0.3, -0.25) is 0 Å². The van der Waals surface area contributed by atoms with Crippen LogP contribution in [0, 0.1) is 0 Å². The van der Waals surface area contributed by atoms with Gasteiger partial charge in [-0.1, -0.05) is 47.5 Å². The highest BCUT2D eigenvalue weighted by molar-refractivity contribution is 7.20. The standard InChI is InChI=1S/C16H17Cl2NS/c1-10(13-9-15(17)20-16(13)18)19-14-8-4-6-11-5-2-3-7-12(11)14/h2-3,5,7,9-10,14,19H,4,6,8H2,1H3. The lowest BCUT2D eigenvalue weighted by atomic mass is 9.87. The van der Waals surface area contributed by atoms with Crippen molar-refractivity contribution in [3.05, 3.63) is 55.7 Å². The molecule has 20 heavy (non-hydrogen) atoms. The number of hydrogen-bond acceptors (Lipinski definition) is 2. The molecule has 0 saturated carbocycles. The molecule has 1 aliphatic rings. The summed E-state index contributed by atoms with van der Waals surface area (Å²) in [6.45, 7) is 2.15. The molecular formula is C16H17Cl2NS. The van der Waals surface area contributed by atoms with E-state index in [9.17, 15) is 0 Å². The van der Waals surface area contributed by atoms with Gasteiger partial charge in [0, 0.05) is 12.1 Å². The summed E-state index contributed by atoms with van der Waals surface area (Å²) in [5.41, 5.74) is 4.01. The molecule has 0 bridgehead atoms. The molecule has 4 heteroatoms. The molecule has 3 rings (SSSR count). The van der Waals surface area contributed by atoms with Crippen molar-refractivity contribution in [2.45, 2.75) is 38.3 Å². The van der Waals surface area contributed by atoms with E-state index >= 15 is 0 Å². The highest BCUT2D eigenvalue weighted by Crippen LogP contribution is 2.37. The Labute approximate surface area is 133 Å². The summed E-state index contributed by atoms with van der Waals surface area (Å²) >= 11 is 13.7. The fourth-order valence-corrected chi connectivity index (χ4v) is 4.61. The maximum atomic E-state index is 6.25. The number of rotatable bonds is 3. The van der Waals surface area contributed by atoms with Gasteiger partial charge in [-0.2, -0.15) is 0 Å². The Bertz CT molecular complexity index is 608. The lowest BCUT2D eigenvalue weighted by Gasteiger charge is -2.29. The highest BCUT2D eigenvalue weighted by Gasteiger charge is 2.23. The molecule has 1 aliphatic carbocycles. The normalized spacial score (nSPS) is 19.6. The molecule has 0 saturated heterocycles. The molecule has 1 N–H and O–H groups in total. The lowest BCUT2D eigenvalue weighted by Crippen LogP contribution is -2.27. The monoisotopic (exact) mass is 325 g/mol. The minimum atomic E-state index is 0.211. The van der Waals surface area contributed by atoms with Crippen LogP contribution in [-0.2, 0) is 6.42 Å². The first-order chi connectivity index (χ1) is 9.65. The molecule has 1 aromatic heterocycles. The molecule has 0 radical (unpaired) electrons. The summed E-state index contributed by atoms with van der Waals surface area (Å²) in [4.78, 5) is 0. The minimum absolute atomic E-state index is 0.211. The number of fused-ring (bicyclic) bond motifs is 1. The SMILES string of the molecule is CC(NC1CCCc2ccccc21)c1cc(Cl)sc1Cl. The minimum Gasteiger partial charge on any atom is -0.303 e. The van der Waals surface area contributed by atoms with Gasteiger partial charge < -0.3 is 5.32 Å².